The molecule has 0 spiro atoms. The lowest BCUT2D eigenvalue weighted by Gasteiger charge is -2.06. The number of aromatic amines is 1. The molecule has 3 heterocycles. The molecule has 0 saturated carbocycles. The van der Waals surface area contributed by atoms with E-state index in [9.17, 15) is 0 Å². The van der Waals surface area contributed by atoms with E-state index in [0.29, 0.717) is 12.3 Å². The summed E-state index contributed by atoms with van der Waals surface area (Å²) >= 11 is 0. The first kappa shape index (κ1) is 14.3. The zero-order chi connectivity index (χ0) is 15.5. The first-order valence-electron chi connectivity index (χ1n) is 7.15. The van der Waals surface area contributed by atoms with Crippen molar-refractivity contribution in [3.63, 3.8) is 0 Å². The van der Waals surface area contributed by atoms with Crippen molar-refractivity contribution in [2.24, 2.45) is 0 Å². The van der Waals surface area contributed by atoms with Crippen molar-refractivity contribution in [1.29, 1.82) is 0 Å². The highest BCUT2D eigenvalue weighted by atomic mass is 16.5. The summed E-state index contributed by atoms with van der Waals surface area (Å²) in [7, 11) is 1.62. The molecule has 22 heavy (non-hydrogen) atoms. The molecule has 0 aliphatic heterocycles. The highest BCUT2D eigenvalue weighted by Crippen LogP contribution is 2.23. The standard InChI is InChI=1S/C17H18N4O/c1-11-17(12(2)21-20-11)15-8-4-6-13(18-15)10-14-7-5-9-16(19-14)22-3/h4-9H,10H2,1-3H3,(H,20,21). The molecule has 0 fully saturated rings. The first-order chi connectivity index (χ1) is 10.7. The summed E-state index contributed by atoms with van der Waals surface area (Å²) in [5.74, 6) is 0.621. The van der Waals surface area contributed by atoms with Gasteiger partial charge in [0.25, 0.3) is 0 Å². The second-order valence-electron chi connectivity index (χ2n) is 5.17. The van der Waals surface area contributed by atoms with Crippen LogP contribution in [0, 0.1) is 13.8 Å². The normalized spacial score (nSPS) is 10.7. The smallest absolute Gasteiger partial charge is 0.213 e. The highest BCUT2D eigenvalue weighted by molar-refractivity contribution is 5.64. The minimum atomic E-state index is 0.621. The summed E-state index contributed by atoms with van der Waals surface area (Å²) in [6.45, 7) is 3.99. The van der Waals surface area contributed by atoms with Gasteiger partial charge >= 0.3 is 0 Å². The van der Waals surface area contributed by atoms with E-state index in [-0.39, 0.29) is 0 Å². The lowest BCUT2D eigenvalue weighted by Crippen LogP contribution is -1.98. The quantitative estimate of drug-likeness (QED) is 0.803. The average Bonchev–Trinajstić information content (AvgIpc) is 2.87. The van der Waals surface area contributed by atoms with Crippen LogP contribution in [0.5, 0.6) is 5.88 Å². The van der Waals surface area contributed by atoms with Crippen LogP contribution in [0.3, 0.4) is 0 Å². The number of aromatic nitrogens is 4. The molecule has 0 aliphatic rings. The number of rotatable bonds is 4. The Morgan fingerprint density at radius 1 is 1.00 bits per heavy atom. The summed E-state index contributed by atoms with van der Waals surface area (Å²) in [6.07, 6.45) is 0.668. The zero-order valence-corrected chi connectivity index (χ0v) is 12.9. The molecule has 112 valence electrons. The van der Waals surface area contributed by atoms with Crippen LogP contribution in [0.1, 0.15) is 22.8 Å². The maximum atomic E-state index is 5.16. The van der Waals surface area contributed by atoms with Gasteiger partial charge in [-0.25, -0.2) is 4.98 Å². The molecule has 3 aromatic heterocycles. The van der Waals surface area contributed by atoms with Crippen molar-refractivity contribution in [3.8, 4) is 17.1 Å². The lowest BCUT2D eigenvalue weighted by atomic mass is 10.1. The Kier molecular flexibility index (Phi) is 3.87. The predicted molar refractivity (Wildman–Crippen MR) is 84.9 cm³/mol. The fourth-order valence-electron chi connectivity index (χ4n) is 2.50. The third-order valence-corrected chi connectivity index (χ3v) is 3.54. The molecular weight excluding hydrogens is 276 g/mol. The lowest BCUT2D eigenvalue weighted by molar-refractivity contribution is 0.396. The van der Waals surface area contributed by atoms with Gasteiger partial charge in [0.15, 0.2) is 0 Å². The Balaban J connectivity index is 1.91. The van der Waals surface area contributed by atoms with Crippen molar-refractivity contribution < 1.29 is 4.74 Å². The number of ether oxygens (including phenoxy) is 1. The van der Waals surface area contributed by atoms with Crippen molar-refractivity contribution in [1.82, 2.24) is 20.2 Å². The number of hydrogen-bond acceptors (Lipinski definition) is 4. The Morgan fingerprint density at radius 2 is 1.73 bits per heavy atom. The van der Waals surface area contributed by atoms with E-state index in [4.69, 9.17) is 9.72 Å². The molecule has 1 N–H and O–H groups in total. The van der Waals surface area contributed by atoms with Crippen molar-refractivity contribution >= 4 is 0 Å². The number of pyridine rings is 2. The van der Waals surface area contributed by atoms with Gasteiger partial charge in [0.2, 0.25) is 5.88 Å². The van der Waals surface area contributed by atoms with Crippen LogP contribution in [0.2, 0.25) is 0 Å². The molecule has 0 amide bonds. The monoisotopic (exact) mass is 294 g/mol. The Bertz CT molecular complexity index is 775. The summed E-state index contributed by atoms with van der Waals surface area (Å²) in [4.78, 5) is 9.18. The summed E-state index contributed by atoms with van der Waals surface area (Å²) in [5.41, 5.74) is 5.90. The Hall–Kier alpha value is -2.69. The van der Waals surface area contributed by atoms with Crippen LogP contribution in [-0.4, -0.2) is 27.3 Å². The molecule has 5 nitrogen and oxygen atoms in total. The van der Waals surface area contributed by atoms with E-state index in [1.807, 2.05) is 50.2 Å². The average molecular weight is 294 g/mol. The van der Waals surface area contributed by atoms with Crippen LogP contribution in [0.4, 0.5) is 0 Å². The zero-order valence-electron chi connectivity index (χ0n) is 12.9. The van der Waals surface area contributed by atoms with Crippen molar-refractivity contribution in [2.75, 3.05) is 7.11 Å². The second kappa shape index (κ2) is 5.97. The van der Waals surface area contributed by atoms with E-state index in [1.54, 1.807) is 7.11 Å². The third-order valence-electron chi connectivity index (χ3n) is 3.54. The van der Waals surface area contributed by atoms with E-state index in [1.165, 1.54) is 0 Å². The van der Waals surface area contributed by atoms with Gasteiger partial charge in [-0.3, -0.25) is 10.1 Å². The molecule has 3 aromatic rings. The number of nitrogens with one attached hydrogen (secondary N) is 1. The molecule has 3 rings (SSSR count). The van der Waals surface area contributed by atoms with Crippen LogP contribution in [0.15, 0.2) is 36.4 Å². The maximum absolute atomic E-state index is 5.16. The van der Waals surface area contributed by atoms with Gasteiger partial charge in [-0.15, -0.1) is 0 Å². The molecular formula is C17H18N4O. The molecule has 0 aliphatic carbocycles. The molecule has 0 unspecified atom stereocenters. The fourth-order valence-corrected chi connectivity index (χ4v) is 2.50. The number of hydrogen-bond donors (Lipinski definition) is 1. The maximum Gasteiger partial charge on any atom is 0.213 e. The summed E-state index contributed by atoms with van der Waals surface area (Å²) in [6, 6.07) is 11.8. The van der Waals surface area contributed by atoms with Crippen LogP contribution < -0.4 is 4.74 Å². The Morgan fingerprint density at radius 3 is 2.41 bits per heavy atom. The number of H-pyrrole nitrogens is 1. The van der Waals surface area contributed by atoms with Gasteiger partial charge in [0.1, 0.15) is 0 Å². The van der Waals surface area contributed by atoms with Crippen LogP contribution >= 0.6 is 0 Å². The molecule has 0 saturated heterocycles. The van der Waals surface area contributed by atoms with E-state index in [0.717, 1.165) is 34.0 Å². The van der Waals surface area contributed by atoms with E-state index < -0.39 is 0 Å². The number of methoxy groups -OCH3 is 1. The number of nitrogens with zero attached hydrogens (tertiary/aromatic N) is 3. The minimum absolute atomic E-state index is 0.621. The van der Waals surface area contributed by atoms with Gasteiger partial charge in [0, 0.05) is 29.4 Å². The largest absolute Gasteiger partial charge is 0.481 e. The Labute approximate surface area is 129 Å². The SMILES string of the molecule is COc1cccc(Cc2cccc(-c3c(C)n[nH]c3C)n2)n1. The molecule has 0 atom stereocenters. The van der Waals surface area contributed by atoms with Crippen LogP contribution in [-0.2, 0) is 6.42 Å². The topological polar surface area (TPSA) is 63.7 Å². The van der Waals surface area contributed by atoms with Gasteiger partial charge in [-0.05, 0) is 32.0 Å². The van der Waals surface area contributed by atoms with E-state index in [2.05, 4.69) is 15.2 Å². The molecule has 5 heteroatoms. The molecule has 0 aromatic carbocycles. The van der Waals surface area contributed by atoms with Gasteiger partial charge in [0.05, 0.1) is 24.2 Å². The third kappa shape index (κ3) is 2.83. The fraction of sp³-hybridized carbons (Fsp3) is 0.235. The summed E-state index contributed by atoms with van der Waals surface area (Å²) in [5, 5.41) is 7.24. The number of aryl methyl sites for hydroxylation is 2. The second-order valence-corrected chi connectivity index (χ2v) is 5.17. The van der Waals surface area contributed by atoms with Crippen molar-refractivity contribution in [2.45, 2.75) is 20.3 Å². The first-order valence-corrected chi connectivity index (χ1v) is 7.15. The van der Waals surface area contributed by atoms with Gasteiger partial charge < -0.3 is 4.74 Å². The van der Waals surface area contributed by atoms with Gasteiger partial charge in [-0.1, -0.05) is 12.1 Å². The van der Waals surface area contributed by atoms with Gasteiger partial charge in [-0.2, -0.15) is 5.10 Å². The minimum Gasteiger partial charge on any atom is -0.481 e. The predicted octanol–water partition coefficient (Wildman–Crippen LogP) is 3.08. The van der Waals surface area contributed by atoms with Crippen LogP contribution in [0.25, 0.3) is 11.3 Å². The molecule has 0 radical (unpaired) electrons. The van der Waals surface area contributed by atoms with Crippen molar-refractivity contribution in [3.05, 3.63) is 59.2 Å². The summed E-state index contributed by atoms with van der Waals surface area (Å²) < 4.78 is 5.16. The van der Waals surface area contributed by atoms with E-state index >= 15 is 0 Å². The molecule has 0 bridgehead atoms. The highest BCUT2D eigenvalue weighted by Gasteiger charge is 2.11.